The number of carbonyl (C=O) groups is 1. The summed E-state index contributed by atoms with van der Waals surface area (Å²) in [6.07, 6.45) is 3.97. The molecule has 2 aromatic rings. The number of aromatic nitrogens is 1. The van der Waals surface area contributed by atoms with Crippen LogP contribution in [0.2, 0.25) is 0 Å². The summed E-state index contributed by atoms with van der Waals surface area (Å²) in [4.78, 5) is 13.1. The van der Waals surface area contributed by atoms with Crippen molar-refractivity contribution >= 4 is 16.9 Å². The number of halogens is 1. The fraction of sp³-hybridized carbons (Fsp3) is 0.556. The molecule has 1 saturated heterocycles. The Labute approximate surface area is 140 Å². The van der Waals surface area contributed by atoms with E-state index < -0.39 is 0 Å². The van der Waals surface area contributed by atoms with Crippen LogP contribution in [0.1, 0.15) is 44.3 Å². The Morgan fingerprint density at radius 1 is 1.38 bits per heavy atom. The molecule has 0 unspecified atom stereocenters. The average molecular weight is 334 g/mol. The molecule has 5 nitrogen and oxygen atoms in total. The minimum Gasteiger partial charge on any atom is -0.466 e. The highest BCUT2D eigenvalue weighted by atomic mass is 19.1. The van der Waals surface area contributed by atoms with Gasteiger partial charge in [-0.25, -0.2) is 4.39 Å². The molecule has 0 radical (unpaired) electrons. The molecule has 1 aliphatic rings. The van der Waals surface area contributed by atoms with Gasteiger partial charge in [-0.1, -0.05) is 5.16 Å². The zero-order chi connectivity index (χ0) is 16.9. The van der Waals surface area contributed by atoms with Crippen molar-refractivity contribution < 1.29 is 18.4 Å². The number of esters is 1. The van der Waals surface area contributed by atoms with Crippen molar-refractivity contribution in [3.63, 3.8) is 0 Å². The molecule has 1 aromatic heterocycles. The SMILES string of the molecule is CC(=O)OCCCCN1CCC(c2onc3cc(F)ccc23)CC1. The summed E-state index contributed by atoms with van der Waals surface area (Å²) < 4.78 is 23.7. The van der Waals surface area contributed by atoms with Gasteiger partial charge in [0.2, 0.25) is 0 Å². The summed E-state index contributed by atoms with van der Waals surface area (Å²) in [6, 6.07) is 4.64. The van der Waals surface area contributed by atoms with E-state index in [-0.39, 0.29) is 11.8 Å². The largest absolute Gasteiger partial charge is 0.466 e. The first-order chi connectivity index (χ1) is 11.6. The van der Waals surface area contributed by atoms with Gasteiger partial charge in [-0.05, 0) is 57.5 Å². The van der Waals surface area contributed by atoms with E-state index in [1.165, 1.54) is 19.1 Å². The Hall–Kier alpha value is -1.95. The van der Waals surface area contributed by atoms with Crippen LogP contribution in [-0.4, -0.2) is 42.3 Å². The number of hydrogen-bond donors (Lipinski definition) is 0. The van der Waals surface area contributed by atoms with Crippen LogP contribution in [0.15, 0.2) is 22.7 Å². The predicted octanol–water partition coefficient (Wildman–Crippen LogP) is 3.49. The van der Waals surface area contributed by atoms with Crippen molar-refractivity contribution in [2.45, 2.75) is 38.5 Å². The van der Waals surface area contributed by atoms with Gasteiger partial charge < -0.3 is 14.2 Å². The Morgan fingerprint density at radius 3 is 2.92 bits per heavy atom. The maximum absolute atomic E-state index is 13.2. The van der Waals surface area contributed by atoms with Gasteiger partial charge in [-0.2, -0.15) is 0 Å². The molecule has 0 spiro atoms. The molecule has 1 aliphatic heterocycles. The number of likely N-dealkylation sites (tertiary alicyclic amines) is 1. The number of fused-ring (bicyclic) bond motifs is 1. The smallest absolute Gasteiger partial charge is 0.302 e. The number of nitrogens with zero attached hydrogens (tertiary/aromatic N) is 2. The van der Waals surface area contributed by atoms with Crippen molar-refractivity contribution in [1.29, 1.82) is 0 Å². The van der Waals surface area contributed by atoms with Gasteiger partial charge in [0.1, 0.15) is 17.1 Å². The predicted molar refractivity (Wildman–Crippen MR) is 88.2 cm³/mol. The highest BCUT2D eigenvalue weighted by Crippen LogP contribution is 2.33. The Balaban J connectivity index is 1.47. The molecule has 6 heteroatoms. The summed E-state index contributed by atoms with van der Waals surface area (Å²) in [5.41, 5.74) is 0.595. The van der Waals surface area contributed by atoms with Crippen LogP contribution < -0.4 is 0 Å². The molecule has 24 heavy (non-hydrogen) atoms. The zero-order valence-corrected chi connectivity index (χ0v) is 14.0. The molecular weight excluding hydrogens is 311 g/mol. The number of carbonyl (C=O) groups excluding carboxylic acids is 1. The quantitative estimate of drug-likeness (QED) is 0.598. The molecule has 2 heterocycles. The van der Waals surface area contributed by atoms with Gasteiger partial charge in [0, 0.05) is 24.3 Å². The summed E-state index contributed by atoms with van der Waals surface area (Å²) >= 11 is 0. The topological polar surface area (TPSA) is 55.6 Å². The third kappa shape index (κ3) is 4.12. The molecule has 1 fully saturated rings. The van der Waals surface area contributed by atoms with E-state index in [1.807, 2.05) is 0 Å². The standard InChI is InChI=1S/C18H23FN2O3/c1-13(22)23-11-3-2-8-21-9-6-14(7-10-21)18-16-5-4-15(19)12-17(16)20-24-18/h4-5,12,14H,2-3,6-11H2,1H3. The lowest BCUT2D eigenvalue weighted by Crippen LogP contribution is -2.33. The second-order valence-electron chi connectivity index (χ2n) is 6.37. The number of hydrogen-bond acceptors (Lipinski definition) is 5. The summed E-state index contributed by atoms with van der Waals surface area (Å²) in [7, 11) is 0. The summed E-state index contributed by atoms with van der Waals surface area (Å²) in [6.45, 7) is 5.00. The van der Waals surface area contributed by atoms with Crippen molar-refractivity contribution in [3.8, 4) is 0 Å². The van der Waals surface area contributed by atoms with Crippen molar-refractivity contribution in [2.75, 3.05) is 26.2 Å². The van der Waals surface area contributed by atoms with Crippen molar-refractivity contribution in [3.05, 3.63) is 29.8 Å². The zero-order valence-electron chi connectivity index (χ0n) is 14.0. The number of unbranched alkanes of at least 4 members (excludes halogenated alkanes) is 1. The van der Waals surface area contributed by atoms with Gasteiger partial charge in [-0.3, -0.25) is 4.79 Å². The minimum atomic E-state index is -0.286. The summed E-state index contributed by atoms with van der Waals surface area (Å²) in [5.74, 6) is 0.734. The molecule has 1 aromatic carbocycles. The molecule has 0 N–H and O–H groups in total. The van der Waals surface area contributed by atoms with Gasteiger partial charge in [0.25, 0.3) is 0 Å². The lowest BCUT2D eigenvalue weighted by Gasteiger charge is -2.30. The fourth-order valence-electron chi connectivity index (χ4n) is 3.30. The van der Waals surface area contributed by atoms with Crippen molar-refractivity contribution in [1.82, 2.24) is 10.1 Å². The van der Waals surface area contributed by atoms with Crippen molar-refractivity contribution in [2.24, 2.45) is 0 Å². The van der Waals surface area contributed by atoms with Crippen LogP contribution in [0, 0.1) is 5.82 Å². The van der Waals surface area contributed by atoms with E-state index in [2.05, 4.69) is 10.1 Å². The van der Waals surface area contributed by atoms with Crippen LogP contribution in [-0.2, 0) is 9.53 Å². The normalized spacial score (nSPS) is 16.6. The minimum absolute atomic E-state index is 0.213. The molecule has 0 bridgehead atoms. The second kappa shape index (κ2) is 7.75. The lowest BCUT2D eigenvalue weighted by atomic mass is 9.92. The average Bonchev–Trinajstić information content (AvgIpc) is 2.98. The Bertz CT molecular complexity index is 693. The van der Waals surface area contributed by atoms with Crippen LogP contribution in [0.5, 0.6) is 0 Å². The first kappa shape index (κ1) is 16.9. The highest BCUT2D eigenvalue weighted by Gasteiger charge is 2.25. The molecule has 3 rings (SSSR count). The van der Waals surface area contributed by atoms with Crippen LogP contribution in [0.25, 0.3) is 10.9 Å². The maximum Gasteiger partial charge on any atom is 0.302 e. The number of benzene rings is 1. The Kier molecular flexibility index (Phi) is 5.45. The van der Waals surface area contributed by atoms with E-state index in [4.69, 9.17) is 9.26 Å². The number of piperidine rings is 1. The number of ether oxygens (including phenoxy) is 1. The van der Waals surface area contributed by atoms with E-state index >= 15 is 0 Å². The molecule has 0 saturated carbocycles. The van der Waals surface area contributed by atoms with Crippen LogP contribution >= 0.6 is 0 Å². The number of rotatable bonds is 6. The third-order valence-corrected chi connectivity index (χ3v) is 4.60. The fourth-order valence-corrected chi connectivity index (χ4v) is 3.30. The van der Waals surface area contributed by atoms with Crippen LogP contribution in [0.3, 0.4) is 0 Å². The Morgan fingerprint density at radius 2 is 2.17 bits per heavy atom. The lowest BCUT2D eigenvalue weighted by molar-refractivity contribution is -0.141. The summed E-state index contributed by atoms with van der Waals surface area (Å²) in [5, 5.41) is 4.92. The van der Waals surface area contributed by atoms with Gasteiger partial charge in [-0.15, -0.1) is 0 Å². The first-order valence-corrected chi connectivity index (χ1v) is 8.54. The first-order valence-electron chi connectivity index (χ1n) is 8.54. The van der Waals surface area contributed by atoms with Crippen LogP contribution in [0.4, 0.5) is 4.39 Å². The maximum atomic E-state index is 13.2. The van der Waals surface area contributed by atoms with E-state index in [1.54, 1.807) is 6.07 Å². The van der Waals surface area contributed by atoms with Gasteiger partial charge in [0.15, 0.2) is 0 Å². The van der Waals surface area contributed by atoms with E-state index in [0.29, 0.717) is 18.0 Å². The monoisotopic (exact) mass is 334 g/mol. The van der Waals surface area contributed by atoms with E-state index in [9.17, 15) is 9.18 Å². The highest BCUT2D eigenvalue weighted by molar-refractivity contribution is 5.80. The third-order valence-electron chi connectivity index (χ3n) is 4.60. The molecule has 0 amide bonds. The van der Waals surface area contributed by atoms with E-state index in [0.717, 1.165) is 56.5 Å². The molecule has 0 atom stereocenters. The van der Waals surface area contributed by atoms with Gasteiger partial charge in [0.05, 0.1) is 6.61 Å². The van der Waals surface area contributed by atoms with Gasteiger partial charge >= 0.3 is 5.97 Å². The second-order valence-corrected chi connectivity index (χ2v) is 6.37. The molecular formula is C18H23FN2O3. The molecule has 130 valence electrons. The molecule has 0 aliphatic carbocycles.